The van der Waals surface area contributed by atoms with Gasteiger partial charge in [-0.1, -0.05) is 61.8 Å². The lowest BCUT2D eigenvalue weighted by atomic mass is 9.87. The molecule has 0 aliphatic heterocycles. The van der Waals surface area contributed by atoms with Crippen LogP contribution < -0.4 is 5.73 Å². The monoisotopic (exact) mass is 374 g/mol. The summed E-state index contributed by atoms with van der Waals surface area (Å²) in [5, 5.41) is 8.29. The molecule has 7 heteroatoms. The second-order valence-corrected chi connectivity index (χ2v) is 7.32. The maximum atomic E-state index is 11.8. The highest BCUT2D eigenvalue weighted by molar-refractivity contribution is 6.31. The summed E-state index contributed by atoms with van der Waals surface area (Å²) in [4.78, 5) is 16.7. The molecule has 0 saturated heterocycles. The van der Waals surface area contributed by atoms with E-state index in [2.05, 4.69) is 31.0 Å². The molecule has 1 aromatic carbocycles. The minimum Gasteiger partial charge on any atom is -0.380 e. The van der Waals surface area contributed by atoms with Gasteiger partial charge in [0.2, 0.25) is 0 Å². The zero-order chi connectivity index (χ0) is 19.5. The number of carbonyl (C=O) groups excluding carboxylic acids is 1. The predicted octanol–water partition coefficient (Wildman–Crippen LogP) is 3.56. The number of hydrogen-bond donors (Lipinski definition) is 1. The van der Waals surface area contributed by atoms with Crippen LogP contribution in [0.25, 0.3) is 6.08 Å². The molecular formula is C19H23ClN4O2. The zero-order valence-electron chi connectivity index (χ0n) is 15.6. The number of benzene rings is 1. The van der Waals surface area contributed by atoms with Crippen molar-refractivity contribution < 1.29 is 9.63 Å². The molecule has 1 heterocycles. The van der Waals surface area contributed by atoms with Gasteiger partial charge >= 0.3 is 5.97 Å². The number of aromatic nitrogens is 2. The van der Waals surface area contributed by atoms with E-state index < -0.39 is 5.97 Å². The number of halogens is 1. The van der Waals surface area contributed by atoms with Crippen LogP contribution in [-0.2, 0) is 22.1 Å². The summed E-state index contributed by atoms with van der Waals surface area (Å²) in [6.45, 7) is 8.19. The van der Waals surface area contributed by atoms with Crippen molar-refractivity contribution >= 4 is 29.5 Å². The largest absolute Gasteiger partial charge is 0.380 e. The first-order valence-electron chi connectivity index (χ1n) is 8.12. The van der Waals surface area contributed by atoms with Gasteiger partial charge in [-0.2, -0.15) is 5.10 Å². The fourth-order valence-corrected chi connectivity index (χ4v) is 2.54. The lowest BCUT2D eigenvalue weighted by Gasteiger charge is -2.18. The summed E-state index contributed by atoms with van der Waals surface area (Å²) < 4.78 is 1.53. The molecule has 0 radical (unpaired) electrons. The van der Waals surface area contributed by atoms with Crippen LogP contribution in [0.2, 0.25) is 5.15 Å². The molecule has 0 unspecified atom stereocenters. The molecule has 0 fully saturated rings. The minimum absolute atomic E-state index is 0.0490. The average Bonchev–Trinajstić information content (AvgIpc) is 2.82. The van der Waals surface area contributed by atoms with Gasteiger partial charge in [-0.05, 0) is 24.0 Å². The fraction of sp³-hybridized carbons (Fsp3) is 0.316. The first-order valence-corrected chi connectivity index (χ1v) is 8.50. The molecule has 2 rings (SSSR count). The second kappa shape index (κ2) is 7.74. The quantitative estimate of drug-likeness (QED) is 0.291. The van der Waals surface area contributed by atoms with Crippen molar-refractivity contribution in [2.75, 3.05) is 0 Å². The molecule has 0 bridgehead atoms. The number of nitrogens with zero attached hydrogens (tertiary/aromatic N) is 3. The number of hydrogen-bond acceptors (Lipinski definition) is 4. The van der Waals surface area contributed by atoms with Crippen LogP contribution >= 0.6 is 11.6 Å². The minimum atomic E-state index is -0.654. The molecule has 138 valence electrons. The Morgan fingerprint density at radius 1 is 1.31 bits per heavy atom. The molecule has 2 N–H and O–H groups in total. The third-order valence-corrected chi connectivity index (χ3v) is 4.31. The van der Waals surface area contributed by atoms with Crippen molar-refractivity contribution in [3.8, 4) is 0 Å². The van der Waals surface area contributed by atoms with Gasteiger partial charge in [0.1, 0.15) is 5.15 Å². The van der Waals surface area contributed by atoms with Crippen LogP contribution in [0.15, 0.2) is 35.5 Å². The molecule has 26 heavy (non-hydrogen) atoms. The van der Waals surface area contributed by atoms with E-state index in [0.29, 0.717) is 22.0 Å². The Labute approximate surface area is 158 Å². The molecule has 0 aliphatic carbocycles. The van der Waals surface area contributed by atoms with Crippen molar-refractivity contribution in [2.24, 2.45) is 17.9 Å². The van der Waals surface area contributed by atoms with Crippen LogP contribution in [0.1, 0.15) is 43.2 Å². The summed E-state index contributed by atoms with van der Waals surface area (Å²) in [6.07, 6.45) is 2.77. The topological polar surface area (TPSA) is 82.5 Å². The Hall–Kier alpha value is -2.60. The molecule has 0 aliphatic rings. The Kier molecular flexibility index (Phi) is 5.87. The summed E-state index contributed by atoms with van der Waals surface area (Å²) in [6, 6.07) is 7.66. The van der Waals surface area contributed by atoms with E-state index in [9.17, 15) is 4.79 Å². The Morgan fingerprint density at radius 3 is 2.42 bits per heavy atom. The van der Waals surface area contributed by atoms with Crippen molar-refractivity contribution in [1.82, 2.24) is 9.78 Å². The molecule has 0 amide bonds. The van der Waals surface area contributed by atoms with Crippen molar-refractivity contribution in [3.05, 3.63) is 57.9 Å². The zero-order valence-corrected chi connectivity index (χ0v) is 16.3. The van der Waals surface area contributed by atoms with Crippen LogP contribution in [0.3, 0.4) is 0 Å². The molecule has 0 atom stereocenters. The lowest BCUT2D eigenvalue weighted by Crippen LogP contribution is -2.16. The Morgan fingerprint density at radius 2 is 1.92 bits per heavy atom. The maximum Gasteiger partial charge on any atom is 0.358 e. The number of amidine groups is 1. The molecule has 6 nitrogen and oxygen atoms in total. The van der Waals surface area contributed by atoms with Gasteiger partial charge < -0.3 is 10.6 Å². The summed E-state index contributed by atoms with van der Waals surface area (Å²) in [7, 11) is 1.72. The highest BCUT2D eigenvalue weighted by atomic mass is 35.5. The van der Waals surface area contributed by atoms with Crippen molar-refractivity contribution in [3.63, 3.8) is 0 Å². The number of aryl methyl sites for hydroxylation is 2. The standard InChI is InChI=1S/C19H23ClN4O2/c1-12-15(17(20)24(5)22-12)10-11-16(25)26-23-18(21)13-6-8-14(9-7-13)19(2,3)4/h6-11H,1-5H3,(H2,21,23)/b11-10+. The van der Waals surface area contributed by atoms with Gasteiger partial charge in [-0.3, -0.25) is 4.68 Å². The van der Waals surface area contributed by atoms with E-state index in [4.69, 9.17) is 22.2 Å². The number of nitrogens with two attached hydrogens (primary N) is 1. The third kappa shape index (κ3) is 4.73. The summed E-state index contributed by atoms with van der Waals surface area (Å²) >= 11 is 6.10. The lowest BCUT2D eigenvalue weighted by molar-refractivity contribution is -0.137. The van der Waals surface area contributed by atoms with Crippen LogP contribution in [0.4, 0.5) is 0 Å². The SMILES string of the molecule is Cc1nn(C)c(Cl)c1/C=C/C(=O)O/N=C(/N)c1ccc(C(C)(C)C)cc1. The third-order valence-electron chi connectivity index (χ3n) is 3.86. The summed E-state index contributed by atoms with van der Waals surface area (Å²) in [5.74, 6) is -0.526. The van der Waals surface area contributed by atoms with Crippen molar-refractivity contribution in [2.45, 2.75) is 33.1 Å². The molecular weight excluding hydrogens is 352 g/mol. The smallest absolute Gasteiger partial charge is 0.358 e. The highest BCUT2D eigenvalue weighted by Gasteiger charge is 2.13. The van der Waals surface area contributed by atoms with Gasteiger partial charge in [0.25, 0.3) is 0 Å². The molecule has 1 aromatic heterocycles. The molecule has 2 aromatic rings. The number of oxime groups is 1. The van der Waals surface area contributed by atoms with Gasteiger partial charge in [0, 0.05) is 24.3 Å². The molecule has 0 spiro atoms. The van der Waals surface area contributed by atoms with E-state index >= 15 is 0 Å². The first kappa shape index (κ1) is 19.7. The van der Waals surface area contributed by atoms with Crippen LogP contribution in [-0.4, -0.2) is 21.6 Å². The van der Waals surface area contributed by atoms with Gasteiger partial charge in [-0.25, -0.2) is 4.79 Å². The maximum absolute atomic E-state index is 11.8. The van der Waals surface area contributed by atoms with Crippen LogP contribution in [0, 0.1) is 6.92 Å². The van der Waals surface area contributed by atoms with E-state index in [1.54, 1.807) is 14.0 Å². The van der Waals surface area contributed by atoms with Gasteiger partial charge in [0.15, 0.2) is 5.84 Å². The predicted molar refractivity (Wildman–Crippen MR) is 104 cm³/mol. The fourth-order valence-electron chi connectivity index (χ4n) is 2.31. The van der Waals surface area contributed by atoms with Gasteiger partial charge in [-0.15, -0.1) is 0 Å². The Balaban J connectivity index is 2.04. The summed E-state index contributed by atoms with van der Waals surface area (Å²) in [5.41, 5.74) is 9.15. The van der Waals surface area contributed by atoms with Crippen LogP contribution in [0.5, 0.6) is 0 Å². The second-order valence-electron chi connectivity index (χ2n) is 6.96. The Bertz CT molecular complexity index is 859. The van der Waals surface area contributed by atoms with Gasteiger partial charge in [0.05, 0.1) is 5.69 Å². The van der Waals surface area contributed by atoms with E-state index in [1.807, 2.05) is 24.3 Å². The van der Waals surface area contributed by atoms with E-state index in [1.165, 1.54) is 22.4 Å². The van der Waals surface area contributed by atoms with E-state index in [0.717, 1.165) is 0 Å². The van der Waals surface area contributed by atoms with Crippen molar-refractivity contribution in [1.29, 1.82) is 0 Å². The highest BCUT2D eigenvalue weighted by Crippen LogP contribution is 2.22. The number of rotatable bonds is 4. The first-order chi connectivity index (χ1) is 12.1. The average molecular weight is 375 g/mol. The van der Waals surface area contributed by atoms with E-state index in [-0.39, 0.29) is 11.3 Å². The molecule has 0 saturated carbocycles. The normalized spacial score (nSPS) is 12.6. The number of carbonyl (C=O) groups is 1.